The summed E-state index contributed by atoms with van der Waals surface area (Å²) in [6, 6.07) is 0. The molecular weight excluding hydrogens is 176 g/mol. The number of ketones is 1. The number of aliphatic hydroxyl groups is 2. The molecule has 1 unspecified atom stereocenters. The molecule has 0 saturated carbocycles. The third kappa shape index (κ3) is 1.15. The first kappa shape index (κ1) is 10.1. The second kappa shape index (κ2) is 2.78. The Hall–Kier alpha value is -0.940. The van der Waals surface area contributed by atoms with Gasteiger partial charge in [-0.15, -0.1) is 0 Å². The molecular formula is C8H12O5. The molecule has 5 heteroatoms. The van der Waals surface area contributed by atoms with Gasteiger partial charge >= 0.3 is 5.97 Å². The predicted octanol–water partition coefficient (Wildman–Crippen LogP) is -1.14. The van der Waals surface area contributed by atoms with Gasteiger partial charge in [0.1, 0.15) is 0 Å². The normalized spacial score (nSPS) is 29.2. The second-order valence-corrected chi connectivity index (χ2v) is 3.75. The van der Waals surface area contributed by atoms with Gasteiger partial charge in [0, 0.05) is 5.41 Å². The molecule has 1 aliphatic rings. The zero-order valence-electron chi connectivity index (χ0n) is 7.53. The Balaban J connectivity index is 3.11. The average Bonchev–Trinajstić information content (AvgIpc) is 2.34. The van der Waals surface area contributed by atoms with Crippen LogP contribution in [0.15, 0.2) is 0 Å². The zero-order chi connectivity index (χ0) is 10.3. The van der Waals surface area contributed by atoms with Crippen LogP contribution in [0.3, 0.4) is 0 Å². The summed E-state index contributed by atoms with van der Waals surface area (Å²) < 4.78 is 4.42. The molecule has 0 aromatic carbocycles. The van der Waals surface area contributed by atoms with Crippen molar-refractivity contribution in [2.24, 2.45) is 5.41 Å². The number of hydrogen-bond acceptors (Lipinski definition) is 5. The van der Waals surface area contributed by atoms with E-state index in [1.807, 2.05) is 0 Å². The molecule has 5 nitrogen and oxygen atoms in total. The van der Waals surface area contributed by atoms with E-state index in [9.17, 15) is 14.7 Å². The van der Waals surface area contributed by atoms with Crippen LogP contribution in [0.4, 0.5) is 0 Å². The van der Waals surface area contributed by atoms with Gasteiger partial charge in [0.2, 0.25) is 11.4 Å². The number of ether oxygens (including phenoxy) is 1. The van der Waals surface area contributed by atoms with E-state index in [2.05, 4.69) is 4.74 Å². The van der Waals surface area contributed by atoms with Crippen molar-refractivity contribution in [3.05, 3.63) is 0 Å². The lowest BCUT2D eigenvalue weighted by Gasteiger charge is -2.32. The first-order valence-electron chi connectivity index (χ1n) is 3.90. The zero-order valence-corrected chi connectivity index (χ0v) is 7.53. The van der Waals surface area contributed by atoms with Gasteiger partial charge in [-0.05, 0) is 0 Å². The molecule has 0 bridgehead atoms. The highest BCUT2D eigenvalue weighted by Crippen LogP contribution is 2.35. The Morgan fingerprint density at radius 2 is 2.08 bits per heavy atom. The SMILES string of the molecule is CC(C)(CO)C1(O)C(=O)COC1=O. The van der Waals surface area contributed by atoms with Crippen LogP contribution in [-0.2, 0) is 14.3 Å². The van der Waals surface area contributed by atoms with E-state index < -0.39 is 36.0 Å². The standard InChI is InChI=1S/C8H12O5/c1-7(2,4-9)8(12)5(10)3-13-6(8)11/h9,12H,3-4H2,1-2H3. The number of esters is 1. The van der Waals surface area contributed by atoms with E-state index in [0.29, 0.717) is 0 Å². The third-order valence-corrected chi connectivity index (χ3v) is 2.41. The maximum absolute atomic E-state index is 11.2. The van der Waals surface area contributed by atoms with Gasteiger partial charge in [0.15, 0.2) is 6.61 Å². The van der Waals surface area contributed by atoms with Crippen molar-refractivity contribution in [2.75, 3.05) is 13.2 Å². The number of carbonyl (C=O) groups is 2. The Labute approximate surface area is 75.3 Å². The number of carbonyl (C=O) groups excluding carboxylic acids is 2. The van der Waals surface area contributed by atoms with Crippen LogP contribution in [-0.4, -0.2) is 40.8 Å². The summed E-state index contributed by atoms with van der Waals surface area (Å²) >= 11 is 0. The smallest absolute Gasteiger partial charge is 0.347 e. The number of hydrogen-bond donors (Lipinski definition) is 2. The Kier molecular flexibility index (Phi) is 2.17. The van der Waals surface area contributed by atoms with Crippen molar-refractivity contribution in [3.63, 3.8) is 0 Å². The van der Waals surface area contributed by atoms with Gasteiger partial charge < -0.3 is 14.9 Å². The Morgan fingerprint density at radius 1 is 1.54 bits per heavy atom. The van der Waals surface area contributed by atoms with Gasteiger partial charge in [-0.25, -0.2) is 4.79 Å². The predicted molar refractivity (Wildman–Crippen MR) is 41.8 cm³/mol. The van der Waals surface area contributed by atoms with E-state index in [4.69, 9.17) is 5.11 Å². The fourth-order valence-corrected chi connectivity index (χ4v) is 1.22. The van der Waals surface area contributed by atoms with Crippen molar-refractivity contribution in [2.45, 2.75) is 19.4 Å². The summed E-state index contributed by atoms with van der Waals surface area (Å²) in [5.41, 5.74) is -3.40. The lowest BCUT2D eigenvalue weighted by Crippen LogP contribution is -2.55. The van der Waals surface area contributed by atoms with E-state index in [1.165, 1.54) is 13.8 Å². The Morgan fingerprint density at radius 3 is 2.38 bits per heavy atom. The highest BCUT2D eigenvalue weighted by atomic mass is 16.6. The van der Waals surface area contributed by atoms with E-state index in [-0.39, 0.29) is 0 Å². The van der Waals surface area contributed by atoms with Gasteiger partial charge in [0.25, 0.3) is 0 Å². The van der Waals surface area contributed by atoms with Crippen molar-refractivity contribution in [1.29, 1.82) is 0 Å². The first-order valence-corrected chi connectivity index (χ1v) is 3.90. The molecule has 0 aromatic heterocycles. The molecule has 0 aromatic rings. The van der Waals surface area contributed by atoms with Crippen LogP contribution in [0.25, 0.3) is 0 Å². The minimum absolute atomic E-state index is 0.418. The minimum Gasteiger partial charge on any atom is -0.455 e. The highest BCUT2D eigenvalue weighted by molar-refractivity contribution is 6.12. The lowest BCUT2D eigenvalue weighted by molar-refractivity contribution is -0.170. The maximum atomic E-state index is 11.2. The Bertz CT molecular complexity index is 239. The lowest BCUT2D eigenvalue weighted by atomic mass is 9.74. The third-order valence-electron chi connectivity index (χ3n) is 2.41. The number of cyclic esters (lactones) is 1. The number of aliphatic hydroxyl groups excluding tert-OH is 1. The van der Waals surface area contributed by atoms with Crippen molar-refractivity contribution >= 4 is 11.8 Å². The molecule has 2 N–H and O–H groups in total. The highest BCUT2D eigenvalue weighted by Gasteiger charge is 2.60. The summed E-state index contributed by atoms with van der Waals surface area (Å²) in [6.45, 7) is 1.97. The molecule has 13 heavy (non-hydrogen) atoms. The minimum atomic E-state index is -2.19. The van der Waals surface area contributed by atoms with E-state index >= 15 is 0 Å². The molecule has 1 heterocycles. The van der Waals surface area contributed by atoms with Crippen molar-refractivity contribution < 1.29 is 24.5 Å². The molecule has 0 radical (unpaired) electrons. The maximum Gasteiger partial charge on any atom is 0.347 e. The van der Waals surface area contributed by atoms with Crippen LogP contribution < -0.4 is 0 Å². The molecule has 1 atom stereocenters. The van der Waals surface area contributed by atoms with Crippen molar-refractivity contribution in [3.8, 4) is 0 Å². The van der Waals surface area contributed by atoms with Crippen LogP contribution in [0.5, 0.6) is 0 Å². The van der Waals surface area contributed by atoms with Gasteiger partial charge in [0.05, 0.1) is 6.61 Å². The quantitative estimate of drug-likeness (QED) is 0.423. The monoisotopic (exact) mass is 188 g/mol. The summed E-state index contributed by atoms with van der Waals surface area (Å²) in [5, 5.41) is 18.7. The van der Waals surface area contributed by atoms with Gasteiger partial charge in [-0.1, -0.05) is 13.8 Å². The van der Waals surface area contributed by atoms with Crippen molar-refractivity contribution in [1.82, 2.24) is 0 Å². The molecule has 0 aliphatic carbocycles. The van der Waals surface area contributed by atoms with Crippen LogP contribution >= 0.6 is 0 Å². The van der Waals surface area contributed by atoms with Gasteiger partial charge in [-0.3, -0.25) is 4.79 Å². The molecule has 0 spiro atoms. The molecule has 1 saturated heterocycles. The summed E-state index contributed by atoms with van der Waals surface area (Å²) in [7, 11) is 0. The average molecular weight is 188 g/mol. The first-order chi connectivity index (χ1) is 5.86. The topological polar surface area (TPSA) is 83.8 Å². The largest absolute Gasteiger partial charge is 0.455 e. The number of Topliss-reactive ketones (excluding diaryl/α,β-unsaturated/α-hetero) is 1. The molecule has 1 aliphatic heterocycles. The summed E-state index contributed by atoms with van der Waals surface area (Å²) in [6.07, 6.45) is 0. The summed E-state index contributed by atoms with van der Waals surface area (Å²) in [4.78, 5) is 22.3. The molecule has 1 rings (SSSR count). The van der Waals surface area contributed by atoms with Crippen LogP contribution in [0.1, 0.15) is 13.8 Å². The fourth-order valence-electron chi connectivity index (χ4n) is 1.22. The summed E-state index contributed by atoms with van der Waals surface area (Å²) in [5.74, 6) is -1.67. The fraction of sp³-hybridized carbons (Fsp3) is 0.750. The molecule has 74 valence electrons. The van der Waals surface area contributed by atoms with E-state index in [0.717, 1.165) is 0 Å². The molecule has 1 fully saturated rings. The van der Waals surface area contributed by atoms with Gasteiger partial charge in [-0.2, -0.15) is 0 Å². The second-order valence-electron chi connectivity index (χ2n) is 3.75. The molecule has 0 amide bonds. The van der Waals surface area contributed by atoms with Crippen LogP contribution in [0, 0.1) is 5.41 Å². The van der Waals surface area contributed by atoms with Crippen LogP contribution in [0.2, 0.25) is 0 Å². The number of rotatable bonds is 2. The van der Waals surface area contributed by atoms with E-state index in [1.54, 1.807) is 0 Å².